The molecule has 2 fully saturated rings. The van der Waals surface area contributed by atoms with Crippen LogP contribution in [-0.4, -0.2) is 109 Å². The monoisotopic (exact) mass is 1240 g/mol. The molecular formula is C73H78Cl2N6O8. The van der Waals surface area contributed by atoms with Gasteiger partial charge in [0.15, 0.2) is 0 Å². The molecule has 462 valence electrons. The molecule has 10 rings (SSSR count). The summed E-state index contributed by atoms with van der Waals surface area (Å²) in [5.41, 5.74) is 5.28. The van der Waals surface area contributed by atoms with Crippen LogP contribution in [0, 0.1) is 0 Å². The lowest BCUT2D eigenvalue weighted by Gasteiger charge is -2.28. The maximum absolute atomic E-state index is 13.9. The van der Waals surface area contributed by atoms with Crippen molar-refractivity contribution in [3.63, 3.8) is 0 Å². The zero-order valence-electron chi connectivity index (χ0n) is 50.5. The Morgan fingerprint density at radius 1 is 0.506 bits per heavy atom. The van der Waals surface area contributed by atoms with Gasteiger partial charge in [-0.3, -0.25) is 28.8 Å². The van der Waals surface area contributed by atoms with Crippen LogP contribution in [0.2, 0.25) is 10.0 Å². The van der Waals surface area contributed by atoms with Gasteiger partial charge in [-0.1, -0.05) is 183 Å². The van der Waals surface area contributed by atoms with E-state index in [0.717, 1.165) is 45.5 Å². The Labute approximate surface area is 531 Å². The van der Waals surface area contributed by atoms with Gasteiger partial charge in [0.25, 0.3) is 11.8 Å². The summed E-state index contributed by atoms with van der Waals surface area (Å²) >= 11 is 12.2. The van der Waals surface area contributed by atoms with Crippen molar-refractivity contribution in [2.45, 2.75) is 108 Å². The summed E-state index contributed by atoms with van der Waals surface area (Å²) in [6, 6.07) is 59.9. The molecular weight excluding hydrogens is 1160 g/mol. The molecule has 4 amide bonds. The Morgan fingerprint density at radius 2 is 0.899 bits per heavy atom. The maximum atomic E-state index is 13.9. The largest absolute Gasteiger partial charge is 0.461 e. The first kappa shape index (κ1) is 65.1. The summed E-state index contributed by atoms with van der Waals surface area (Å²) in [6.45, 7) is 7.48. The zero-order valence-corrected chi connectivity index (χ0v) is 52.0. The number of carbonyl (C=O) groups is 6. The average molecular weight is 1240 g/mol. The molecule has 8 aromatic rings. The Kier molecular flexibility index (Phi) is 23.9. The molecule has 0 saturated carbocycles. The predicted molar refractivity (Wildman–Crippen MR) is 352 cm³/mol. The third-order valence-electron chi connectivity index (χ3n) is 16.6. The second kappa shape index (κ2) is 32.7. The van der Waals surface area contributed by atoms with Crippen LogP contribution in [0.25, 0.3) is 21.5 Å². The van der Waals surface area contributed by atoms with Crippen molar-refractivity contribution in [2.24, 2.45) is 0 Å². The molecule has 2 saturated heterocycles. The molecule has 4 N–H and O–H groups in total. The smallest absolute Gasteiger partial charge is 0.308 e. The van der Waals surface area contributed by atoms with Crippen molar-refractivity contribution in [3.05, 3.63) is 238 Å². The van der Waals surface area contributed by atoms with E-state index in [9.17, 15) is 28.8 Å². The lowest BCUT2D eigenvalue weighted by molar-refractivity contribution is -0.148. The van der Waals surface area contributed by atoms with Crippen LogP contribution in [-0.2, 0) is 41.9 Å². The van der Waals surface area contributed by atoms with Crippen molar-refractivity contribution < 1.29 is 38.2 Å². The molecule has 0 unspecified atom stereocenters. The van der Waals surface area contributed by atoms with E-state index in [0.29, 0.717) is 79.7 Å². The number of carbonyl (C=O) groups excluding carboxylic acids is 6. The average Bonchev–Trinajstić information content (AvgIpc) is 3.72. The summed E-state index contributed by atoms with van der Waals surface area (Å²) < 4.78 is 11.0. The summed E-state index contributed by atoms with van der Waals surface area (Å²) in [7, 11) is 0. The van der Waals surface area contributed by atoms with Gasteiger partial charge in [0.1, 0.15) is 13.2 Å². The van der Waals surface area contributed by atoms with E-state index in [2.05, 4.69) is 59.4 Å². The fourth-order valence-corrected chi connectivity index (χ4v) is 11.9. The second-order valence-corrected chi connectivity index (χ2v) is 23.8. The molecule has 0 aliphatic carbocycles. The van der Waals surface area contributed by atoms with Gasteiger partial charge in [-0.15, -0.1) is 0 Å². The molecule has 89 heavy (non-hydrogen) atoms. The first-order valence-corrected chi connectivity index (χ1v) is 31.6. The highest BCUT2D eigenvalue weighted by Crippen LogP contribution is 2.27. The van der Waals surface area contributed by atoms with Crippen LogP contribution in [0.3, 0.4) is 0 Å². The molecule has 2 aliphatic rings. The summed E-state index contributed by atoms with van der Waals surface area (Å²) in [5, 5.41) is 18.0. The van der Waals surface area contributed by atoms with Gasteiger partial charge < -0.3 is 40.5 Å². The number of nitrogens with zero attached hydrogens (tertiary/aromatic N) is 2. The van der Waals surface area contributed by atoms with Crippen LogP contribution in [0.15, 0.2) is 194 Å². The van der Waals surface area contributed by atoms with Gasteiger partial charge in [-0.2, -0.15) is 0 Å². The van der Waals surface area contributed by atoms with E-state index in [1.807, 2.05) is 161 Å². The Morgan fingerprint density at radius 3 is 1.35 bits per heavy atom. The number of ether oxygens (including phenoxy) is 2. The normalized spacial score (nSPS) is 17.5. The Hall–Kier alpha value is -8.40. The van der Waals surface area contributed by atoms with Crippen molar-refractivity contribution in [2.75, 3.05) is 39.3 Å². The molecule has 6 atom stereocenters. The second-order valence-electron chi connectivity index (χ2n) is 22.9. The number of benzene rings is 8. The lowest BCUT2D eigenvalue weighted by atomic mass is 9.95. The number of halogens is 2. The van der Waals surface area contributed by atoms with E-state index in [1.54, 1.807) is 18.2 Å². The molecule has 0 aromatic heterocycles. The minimum Gasteiger partial charge on any atom is -0.461 e. The van der Waals surface area contributed by atoms with E-state index < -0.39 is 18.1 Å². The van der Waals surface area contributed by atoms with Gasteiger partial charge in [0, 0.05) is 90.8 Å². The summed E-state index contributed by atoms with van der Waals surface area (Å²) in [4.78, 5) is 83.4. The standard InChI is InChI=1S/C37H40ClN3O4.C36H38ClN3O4/c1-2-27(28-11-7-4-8-12-28)24-41-20-19-33(23-39-36(43)31-14-13-30-22-32(38)16-15-29(30)21-31)40-34(37(41)44)17-18-35(42)45-25-26-9-5-3-6-10-26;1-2-26(27-11-7-4-8-12-27)23-40-18-17-32(22-38-35(42)30-14-13-29-20-31(37)16-15-28(29)19-30)39-33(36(40)43)21-34(41)44-24-25-9-5-3-6-10-25/h3-16,21-22,27,33-34,40H,2,17-20,23-25H2,1H3,(H,39,43);3-16,19-20,26,32-33,39H,2,17-18,21-24H2,1H3,(H,38,42)/t27-,33+,34+;26-,32+,33+/m11/s1. The van der Waals surface area contributed by atoms with E-state index in [1.165, 1.54) is 11.1 Å². The molecule has 2 aliphatic heterocycles. The third kappa shape index (κ3) is 19.1. The molecule has 16 heteroatoms. The number of nitrogens with one attached hydrogen (secondary N) is 4. The minimum atomic E-state index is -0.763. The van der Waals surface area contributed by atoms with E-state index in [4.69, 9.17) is 32.7 Å². The summed E-state index contributed by atoms with van der Waals surface area (Å²) in [5.74, 6) is -0.962. The van der Waals surface area contributed by atoms with Crippen LogP contribution in [0.1, 0.15) is 114 Å². The molecule has 2 heterocycles. The SMILES string of the molecule is CC[C@H](CN1CC[C@@H](CNC(=O)c2ccc3cc(Cl)ccc3c2)N[C@@H](CC(=O)OCc2ccccc2)C1=O)c1ccccc1.CC[C@H](CN1CC[C@@H](CNC(=O)c2ccc3cc(Cl)ccc3c2)N[C@@H](CCC(=O)OCc2ccccc2)C1=O)c1ccccc1. The fourth-order valence-electron chi connectivity index (χ4n) is 11.5. The number of amides is 4. The topological polar surface area (TPSA) is 175 Å². The van der Waals surface area contributed by atoms with Crippen LogP contribution < -0.4 is 21.3 Å². The minimum absolute atomic E-state index is 0.0257. The summed E-state index contributed by atoms with van der Waals surface area (Å²) in [6.07, 6.45) is 3.40. The van der Waals surface area contributed by atoms with E-state index in [-0.39, 0.29) is 79.6 Å². The Bertz CT molecular complexity index is 3660. The fraction of sp³-hybridized carbons (Fsp3) is 0.315. The Balaban J connectivity index is 0.000000211. The molecule has 0 spiro atoms. The van der Waals surface area contributed by atoms with Gasteiger partial charge >= 0.3 is 11.9 Å². The highest BCUT2D eigenvalue weighted by Gasteiger charge is 2.35. The number of hydrogen-bond donors (Lipinski definition) is 4. The first-order chi connectivity index (χ1) is 43.3. The van der Waals surface area contributed by atoms with Crippen LogP contribution in [0.5, 0.6) is 0 Å². The van der Waals surface area contributed by atoms with Crippen molar-refractivity contribution in [1.82, 2.24) is 31.1 Å². The first-order valence-electron chi connectivity index (χ1n) is 30.8. The quantitative estimate of drug-likeness (QED) is 0.0451. The molecule has 8 aromatic carbocycles. The van der Waals surface area contributed by atoms with Crippen molar-refractivity contribution in [1.29, 1.82) is 0 Å². The number of rotatable bonds is 23. The maximum Gasteiger partial charge on any atom is 0.308 e. The highest BCUT2D eigenvalue weighted by atomic mass is 35.5. The highest BCUT2D eigenvalue weighted by molar-refractivity contribution is 6.31. The van der Waals surface area contributed by atoms with Crippen LogP contribution >= 0.6 is 23.2 Å². The van der Waals surface area contributed by atoms with Crippen molar-refractivity contribution in [3.8, 4) is 0 Å². The predicted octanol–water partition coefficient (Wildman–Crippen LogP) is 12.6. The molecule has 0 radical (unpaired) electrons. The third-order valence-corrected chi connectivity index (χ3v) is 17.1. The van der Waals surface area contributed by atoms with Gasteiger partial charge in [-0.25, -0.2) is 0 Å². The molecule has 14 nitrogen and oxygen atoms in total. The number of esters is 2. The zero-order chi connectivity index (χ0) is 62.5. The van der Waals surface area contributed by atoms with Gasteiger partial charge in [0.05, 0.1) is 18.5 Å². The van der Waals surface area contributed by atoms with Gasteiger partial charge in [-0.05, 0) is 124 Å². The molecule has 0 bridgehead atoms. The number of hydrogen-bond acceptors (Lipinski definition) is 10. The number of fused-ring (bicyclic) bond motifs is 2. The van der Waals surface area contributed by atoms with Crippen molar-refractivity contribution >= 4 is 80.3 Å². The lowest BCUT2D eigenvalue weighted by Crippen LogP contribution is -2.50. The van der Waals surface area contributed by atoms with Crippen LogP contribution in [0.4, 0.5) is 0 Å². The van der Waals surface area contributed by atoms with Gasteiger partial charge in [0.2, 0.25) is 11.8 Å². The van der Waals surface area contributed by atoms with E-state index >= 15 is 0 Å².